The van der Waals surface area contributed by atoms with E-state index in [0.29, 0.717) is 17.6 Å². The fourth-order valence-electron chi connectivity index (χ4n) is 1.77. The molecule has 1 amide bonds. The number of hydrogen-bond acceptors (Lipinski definition) is 2. The smallest absolute Gasteiger partial charge is 0.352 e. The van der Waals surface area contributed by atoms with Gasteiger partial charge in [-0.1, -0.05) is 22.0 Å². The van der Waals surface area contributed by atoms with Gasteiger partial charge in [0.2, 0.25) is 5.91 Å². The van der Waals surface area contributed by atoms with E-state index < -0.39 is 11.7 Å². The van der Waals surface area contributed by atoms with Crippen LogP contribution in [-0.2, 0) is 17.5 Å². The zero-order chi connectivity index (χ0) is 14.0. The molecular formula is C12H12BrF3N2O. The van der Waals surface area contributed by atoms with E-state index in [4.69, 9.17) is 0 Å². The summed E-state index contributed by atoms with van der Waals surface area (Å²) in [5, 5.41) is 5.47. The first-order valence-electron chi connectivity index (χ1n) is 5.72. The molecule has 0 bridgehead atoms. The first-order valence-corrected chi connectivity index (χ1v) is 6.51. The predicted molar refractivity (Wildman–Crippen MR) is 67.4 cm³/mol. The number of nitrogens with one attached hydrogen (secondary N) is 2. The van der Waals surface area contributed by atoms with Crippen LogP contribution in [0, 0.1) is 5.92 Å². The molecule has 1 aromatic carbocycles. The minimum Gasteiger partial charge on any atom is -0.352 e. The Kier molecular flexibility index (Phi) is 4.15. The van der Waals surface area contributed by atoms with Gasteiger partial charge < -0.3 is 10.6 Å². The van der Waals surface area contributed by atoms with Crippen molar-refractivity contribution < 1.29 is 18.0 Å². The van der Waals surface area contributed by atoms with Crippen molar-refractivity contribution in [3.8, 4) is 0 Å². The lowest BCUT2D eigenvalue weighted by Crippen LogP contribution is -2.50. The van der Waals surface area contributed by atoms with Gasteiger partial charge in [-0.05, 0) is 17.7 Å². The van der Waals surface area contributed by atoms with Gasteiger partial charge in [0.25, 0.3) is 0 Å². The lowest BCUT2D eigenvalue weighted by atomic mass is 10.0. The molecule has 1 aromatic rings. The minimum atomic E-state index is -4.43. The van der Waals surface area contributed by atoms with E-state index in [2.05, 4.69) is 26.6 Å². The highest BCUT2D eigenvalue weighted by Crippen LogP contribution is 2.33. The molecule has 1 aliphatic heterocycles. The van der Waals surface area contributed by atoms with Crippen LogP contribution < -0.4 is 10.6 Å². The normalized spacial score (nSPS) is 16.0. The van der Waals surface area contributed by atoms with Crippen molar-refractivity contribution >= 4 is 21.8 Å². The first-order chi connectivity index (χ1) is 8.88. The lowest BCUT2D eigenvalue weighted by molar-refractivity contribution is -0.138. The molecule has 2 N–H and O–H groups in total. The van der Waals surface area contributed by atoms with Gasteiger partial charge in [0.15, 0.2) is 0 Å². The molecule has 7 heteroatoms. The summed E-state index contributed by atoms with van der Waals surface area (Å²) >= 11 is 3.02. The molecule has 0 radical (unpaired) electrons. The first kappa shape index (κ1) is 14.3. The largest absolute Gasteiger partial charge is 0.416 e. The predicted octanol–water partition coefficient (Wildman–Crippen LogP) is 2.30. The van der Waals surface area contributed by atoms with Crippen LogP contribution in [0.15, 0.2) is 22.7 Å². The number of halogens is 4. The molecule has 19 heavy (non-hydrogen) atoms. The molecule has 0 unspecified atom stereocenters. The van der Waals surface area contributed by atoms with Gasteiger partial charge >= 0.3 is 6.18 Å². The second-order valence-electron chi connectivity index (χ2n) is 4.37. The van der Waals surface area contributed by atoms with Gasteiger partial charge in [0.1, 0.15) is 0 Å². The van der Waals surface area contributed by atoms with E-state index in [1.54, 1.807) is 0 Å². The summed E-state index contributed by atoms with van der Waals surface area (Å²) in [6.45, 7) is 1.05. The van der Waals surface area contributed by atoms with Crippen LogP contribution in [0.3, 0.4) is 0 Å². The molecule has 1 fully saturated rings. The second-order valence-corrected chi connectivity index (χ2v) is 5.29. The third-order valence-corrected chi connectivity index (χ3v) is 3.48. The summed E-state index contributed by atoms with van der Waals surface area (Å²) in [5.74, 6) is -0.348. The van der Waals surface area contributed by atoms with Crippen LogP contribution in [0.4, 0.5) is 13.2 Å². The molecule has 1 heterocycles. The van der Waals surface area contributed by atoms with E-state index in [0.717, 1.165) is 6.07 Å². The van der Waals surface area contributed by atoms with Crippen molar-refractivity contribution in [3.63, 3.8) is 0 Å². The number of hydrogen-bond donors (Lipinski definition) is 2. The van der Waals surface area contributed by atoms with Crippen LogP contribution in [0.1, 0.15) is 11.1 Å². The second kappa shape index (κ2) is 5.50. The number of alkyl halides is 3. The van der Waals surface area contributed by atoms with E-state index >= 15 is 0 Å². The maximum Gasteiger partial charge on any atom is 0.416 e. The highest BCUT2D eigenvalue weighted by atomic mass is 79.9. The highest BCUT2D eigenvalue weighted by Gasteiger charge is 2.33. The average molecular weight is 337 g/mol. The molecule has 0 atom stereocenters. The third kappa shape index (κ3) is 3.48. The van der Waals surface area contributed by atoms with Crippen LogP contribution in [0.5, 0.6) is 0 Å². The van der Waals surface area contributed by atoms with Crippen LogP contribution >= 0.6 is 15.9 Å². The Bertz CT molecular complexity index is 486. The van der Waals surface area contributed by atoms with E-state index in [1.807, 2.05) is 0 Å². The van der Waals surface area contributed by atoms with E-state index in [1.165, 1.54) is 12.1 Å². The van der Waals surface area contributed by atoms with Gasteiger partial charge in [-0.3, -0.25) is 4.79 Å². The number of benzene rings is 1. The summed E-state index contributed by atoms with van der Waals surface area (Å²) in [5.41, 5.74) is -0.662. The molecule has 0 saturated carbocycles. The zero-order valence-corrected chi connectivity index (χ0v) is 11.4. The molecule has 0 aromatic heterocycles. The van der Waals surface area contributed by atoms with Crippen LogP contribution in [0.25, 0.3) is 0 Å². The molecular weight excluding hydrogens is 325 g/mol. The van der Waals surface area contributed by atoms with Gasteiger partial charge in [0.05, 0.1) is 11.5 Å². The van der Waals surface area contributed by atoms with Gasteiger partial charge in [-0.25, -0.2) is 0 Å². The zero-order valence-electron chi connectivity index (χ0n) is 9.85. The van der Waals surface area contributed by atoms with Crippen molar-refractivity contribution in [2.45, 2.75) is 12.7 Å². The summed E-state index contributed by atoms with van der Waals surface area (Å²) < 4.78 is 38.9. The van der Waals surface area contributed by atoms with E-state index in [-0.39, 0.29) is 23.9 Å². The summed E-state index contributed by atoms with van der Waals surface area (Å²) in [6.07, 6.45) is -4.43. The lowest BCUT2D eigenvalue weighted by Gasteiger charge is -2.26. The number of carbonyl (C=O) groups excluding carboxylic acids is 1. The number of amides is 1. The third-order valence-electron chi connectivity index (χ3n) is 2.98. The molecule has 0 spiro atoms. The van der Waals surface area contributed by atoms with Gasteiger partial charge in [0, 0.05) is 24.1 Å². The maximum absolute atomic E-state index is 12.8. The molecule has 0 aliphatic carbocycles. The highest BCUT2D eigenvalue weighted by molar-refractivity contribution is 9.10. The molecule has 3 nitrogen and oxygen atoms in total. The van der Waals surface area contributed by atoms with Crippen LogP contribution in [0.2, 0.25) is 0 Å². The van der Waals surface area contributed by atoms with Gasteiger partial charge in [-0.2, -0.15) is 13.2 Å². The topological polar surface area (TPSA) is 41.1 Å². The molecule has 2 rings (SSSR count). The number of rotatable bonds is 3. The molecule has 1 saturated heterocycles. The molecule has 1 aliphatic rings. The Balaban J connectivity index is 2.09. The SMILES string of the molecule is O=C(NCc1ccc(Br)cc1C(F)(F)F)C1CNC1. The monoisotopic (exact) mass is 336 g/mol. The molecule has 104 valence electrons. The quantitative estimate of drug-likeness (QED) is 0.889. The van der Waals surface area contributed by atoms with Crippen molar-refractivity contribution in [3.05, 3.63) is 33.8 Å². The van der Waals surface area contributed by atoms with Crippen LogP contribution in [-0.4, -0.2) is 19.0 Å². The van der Waals surface area contributed by atoms with Gasteiger partial charge in [-0.15, -0.1) is 0 Å². The Morgan fingerprint density at radius 1 is 1.42 bits per heavy atom. The summed E-state index contributed by atoms with van der Waals surface area (Å²) in [4.78, 5) is 11.6. The summed E-state index contributed by atoms with van der Waals surface area (Å²) in [7, 11) is 0. The Hall–Kier alpha value is -1.08. The van der Waals surface area contributed by atoms with Crippen molar-refractivity contribution in [1.82, 2.24) is 10.6 Å². The fourth-order valence-corrected chi connectivity index (χ4v) is 2.13. The maximum atomic E-state index is 12.8. The Labute approximate surface area is 116 Å². The standard InChI is InChI=1S/C12H12BrF3N2O/c13-9-2-1-7(10(3-9)12(14,15)16)6-18-11(19)8-4-17-5-8/h1-3,8,17H,4-6H2,(H,18,19). The van der Waals surface area contributed by atoms with Crippen molar-refractivity contribution in [2.75, 3.05) is 13.1 Å². The minimum absolute atomic E-state index is 0.0660. The Morgan fingerprint density at radius 3 is 2.63 bits per heavy atom. The Morgan fingerprint density at radius 2 is 2.11 bits per heavy atom. The average Bonchev–Trinajstić information content (AvgIpc) is 2.23. The van der Waals surface area contributed by atoms with Crippen molar-refractivity contribution in [1.29, 1.82) is 0 Å². The summed E-state index contributed by atoms with van der Waals surface area (Å²) in [6, 6.07) is 3.92. The number of carbonyl (C=O) groups is 1. The van der Waals surface area contributed by atoms with E-state index in [9.17, 15) is 18.0 Å². The van der Waals surface area contributed by atoms with Crippen molar-refractivity contribution in [2.24, 2.45) is 5.92 Å². The fraction of sp³-hybridized carbons (Fsp3) is 0.417.